The van der Waals surface area contributed by atoms with Gasteiger partial charge in [-0.15, -0.1) is 0 Å². The van der Waals surface area contributed by atoms with Crippen LogP contribution in [0.15, 0.2) is 11.3 Å². The lowest BCUT2D eigenvalue weighted by Crippen LogP contribution is -2.60. The summed E-state index contributed by atoms with van der Waals surface area (Å²) in [4.78, 5) is 0. The van der Waals surface area contributed by atoms with E-state index < -0.39 is 11.2 Å². The maximum atomic E-state index is 11.0. The predicted molar refractivity (Wildman–Crippen MR) is 97.1 cm³/mol. The van der Waals surface area contributed by atoms with Crippen LogP contribution in [0.3, 0.4) is 0 Å². The molecule has 0 amide bonds. The number of aliphatic hydroxyl groups excluding tert-OH is 1. The summed E-state index contributed by atoms with van der Waals surface area (Å²) < 4.78 is 6.32. The highest BCUT2D eigenvalue weighted by molar-refractivity contribution is 5.46. The number of ether oxygens (including phenoxy) is 1. The van der Waals surface area contributed by atoms with Gasteiger partial charge in [0.2, 0.25) is 0 Å². The Morgan fingerprint density at radius 1 is 1.00 bits per heavy atom. The van der Waals surface area contributed by atoms with Gasteiger partial charge in [-0.25, -0.2) is 0 Å². The lowest BCUT2D eigenvalue weighted by Gasteiger charge is -2.60. The minimum Gasteiger partial charge on any atom is -0.508 e. The minimum absolute atomic E-state index is 0.00739. The number of hydrogen-bond donors (Lipinski definition) is 2. The van der Waals surface area contributed by atoms with Crippen LogP contribution in [-0.4, -0.2) is 27.0 Å². The van der Waals surface area contributed by atoms with Crippen molar-refractivity contribution in [2.24, 2.45) is 28.6 Å². The molecule has 0 aromatic rings. The van der Waals surface area contributed by atoms with Crippen LogP contribution in [0.5, 0.6) is 0 Å². The third-order valence-corrected chi connectivity index (χ3v) is 10.1. The molecule has 3 saturated carbocycles. The van der Waals surface area contributed by atoms with Crippen LogP contribution in [0.25, 0.3) is 0 Å². The Morgan fingerprint density at radius 2 is 1.65 bits per heavy atom. The van der Waals surface area contributed by atoms with Crippen LogP contribution < -0.4 is 0 Å². The van der Waals surface area contributed by atoms with Gasteiger partial charge >= 0.3 is 0 Å². The zero-order valence-electron chi connectivity index (χ0n) is 16.4. The van der Waals surface area contributed by atoms with Gasteiger partial charge in [0.05, 0.1) is 17.2 Å². The Morgan fingerprint density at radius 3 is 2.35 bits per heavy atom. The second-order valence-electron chi connectivity index (χ2n) is 10.7. The molecule has 142 valence electrons. The van der Waals surface area contributed by atoms with Gasteiger partial charge in [0, 0.05) is 5.41 Å². The molecule has 0 aromatic heterocycles. The number of rotatable bonds is 0. The summed E-state index contributed by atoms with van der Waals surface area (Å²) >= 11 is 0. The van der Waals surface area contributed by atoms with Crippen LogP contribution in [0.4, 0.5) is 0 Å². The highest BCUT2D eigenvalue weighted by atomic mass is 16.6. The van der Waals surface area contributed by atoms with Crippen molar-refractivity contribution in [2.75, 3.05) is 0 Å². The molecule has 1 aliphatic heterocycles. The lowest BCUT2D eigenvalue weighted by molar-refractivity contribution is -0.143. The smallest absolute Gasteiger partial charge is 0.153 e. The standard InChI is InChI=1S/C22H31NO3/c1-18-8-6-16-14(15(18)7-9-20(18,3)25)5-10-22-19(16,2)11-13(12-23)17(24)21(22,4)26-22/h14-16,24-25H,5-11H2,1-4H3/t14-,15-,16-,18-,19+,20-,21-,22-/m0/s1. The van der Waals surface area contributed by atoms with Crippen molar-refractivity contribution < 1.29 is 14.9 Å². The molecule has 4 heteroatoms. The summed E-state index contributed by atoms with van der Waals surface area (Å²) in [5.41, 5.74) is -1.11. The normalized spacial score (nSPS) is 60.4. The number of fused-ring (bicyclic) bond motifs is 4. The summed E-state index contributed by atoms with van der Waals surface area (Å²) in [6.45, 7) is 8.63. The third kappa shape index (κ3) is 1.53. The Hall–Kier alpha value is -1.05. The predicted octanol–water partition coefficient (Wildman–Crippen LogP) is 4.25. The molecular weight excluding hydrogens is 326 g/mol. The number of allylic oxidation sites excluding steroid dienone is 1. The minimum atomic E-state index is -0.669. The van der Waals surface area contributed by atoms with E-state index in [4.69, 9.17) is 4.74 Å². The van der Waals surface area contributed by atoms with Crippen LogP contribution in [0.1, 0.15) is 72.6 Å². The first kappa shape index (κ1) is 17.1. The zero-order chi connectivity index (χ0) is 18.8. The average Bonchev–Trinajstić information content (AvgIpc) is 3.14. The van der Waals surface area contributed by atoms with Crippen molar-refractivity contribution in [1.29, 1.82) is 5.26 Å². The van der Waals surface area contributed by atoms with Crippen molar-refractivity contribution in [2.45, 2.75) is 89.4 Å². The molecule has 0 unspecified atom stereocenters. The molecule has 2 N–H and O–H groups in total. The molecule has 26 heavy (non-hydrogen) atoms. The molecular formula is C22H31NO3. The maximum absolute atomic E-state index is 11.0. The second-order valence-corrected chi connectivity index (χ2v) is 10.7. The highest BCUT2D eigenvalue weighted by Gasteiger charge is 2.82. The number of nitriles is 1. The summed E-state index contributed by atoms with van der Waals surface area (Å²) in [6, 6.07) is 2.26. The molecule has 0 radical (unpaired) electrons. The quantitative estimate of drug-likeness (QED) is 0.636. The van der Waals surface area contributed by atoms with E-state index in [-0.39, 0.29) is 22.2 Å². The largest absolute Gasteiger partial charge is 0.508 e. The van der Waals surface area contributed by atoms with Gasteiger partial charge in [0.1, 0.15) is 11.4 Å². The first-order valence-electron chi connectivity index (χ1n) is 10.3. The molecule has 0 bridgehead atoms. The molecule has 1 saturated heterocycles. The van der Waals surface area contributed by atoms with E-state index in [1.807, 2.05) is 13.8 Å². The fourth-order valence-electron chi connectivity index (χ4n) is 8.30. The van der Waals surface area contributed by atoms with E-state index in [0.29, 0.717) is 29.7 Å². The molecule has 4 aliphatic carbocycles. The van der Waals surface area contributed by atoms with E-state index in [1.165, 1.54) is 0 Å². The molecule has 0 aromatic carbocycles. The summed E-state index contributed by atoms with van der Waals surface area (Å²) in [5.74, 6) is 1.83. The molecule has 4 fully saturated rings. The Labute approximate surface area is 156 Å². The SMILES string of the molecule is C[C@]1(O)CC[C@H]2[C@@H]3CC[C@@]45O[C@@]4(C)C(O)=C(C#N)C[C@]5(C)[C@H]3CC[C@@]21C. The molecule has 5 rings (SSSR count). The van der Waals surface area contributed by atoms with E-state index >= 15 is 0 Å². The maximum Gasteiger partial charge on any atom is 0.153 e. The molecule has 1 spiro atoms. The van der Waals surface area contributed by atoms with Crippen molar-refractivity contribution in [3.63, 3.8) is 0 Å². The van der Waals surface area contributed by atoms with Gasteiger partial charge in [-0.05, 0) is 82.0 Å². The zero-order valence-corrected chi connectivity index (χ0v) is 16.4. The molecule has 5 aliphatic rings. The van der Waals surface area contributed by atoms with Gasteiger partial charge in [0.15, 0.2) is 5.60 Å². The fourth-order valence-corrected chi connectivity index (χ4v) is 8.30. The summed E-state index contributed by atoms with van der Waals surface area (Å²) in [5, 5.41) is 31.3. The number of hydrogen-bond acceptors (Lipinski definition) is 4. The third-order valence-electron chi connectivity index (χ3n) is 10.1. The van der Waals surface area contributed by atoms with E-state index in [1.54, 1.807) is 0 Å². The molecule has 1 heterocycles. The summed E-state index contributed by atoms with van der Waals surface area (Å²) in [7, 11) is 0. The van der Waals surface area contributed by atoms with Crippen LogP contribution in [-0.2, 0) is 4.74 Å². The van der Waals surface area contributed by atoms with Crippen molar-refractivity contribution in [3.8, 4) is 6.07 Å². The van der Waals surface area contributed by atoms with Gasteiger partial charge in [-0.1, -0.05) is 13.8 Å². The van der Waals surface area contributed by atoms with Gasteiger partial charge in [-0.2, -0.15) is 5.26 Å². The number of aliphatic hydroxyl groups is 2. The Kier molecular flexibility index (Phi) is 2.95. The van der Waals surface area contributed by atoms with E-state index in [0.717, 1.165) is 38.5 Å². The number of nitrogens with zero attached hydrogens (tertiary/aromatic N) is 1. The Balaban J connectivity index is 1.57. The van der Waals surface area contributed by atoms with E-state index in [9.17, 15) is 15.5 Å². The first-order valence-corrected chi connectivity index (χ1v) is 10.3. The Bertz CT molecular complexity index is 766. The average molecular weight is 357 g/mol. The van der Waals surface area contributed by atoms with Crippen LogP contribution >= 0.6 is 0 Å². The highest BCUT2D eigenvalue weighted by Crippen LogP contribution is 2.77. The summed E-state index contributed by atoms with van der Waals surface area (Å²) in [6.07, 6.45) is 6.85. The van der Waals surface area contributed by atoms with Crippen molar-refractivity contribution >= 4 is 0 Å². The van der Waals surface area contributed by atoms with Gasteiger partial charge in [-0.3, -0.25) is 0 Å². The monoisotopic (exact) mass is 357 g/mol. The number of epoxide rings is 1. The topological polar surface area (TPSA) is 76.8 Å². The van der Waals surface area contributed by atoms with Crippen LogP contribution in [0.2, 0.25) is 0 Å². The first-order chi connectivity index (χ1) is 12.1. The second kappa shape index (κ2) is 4.50. The molecule has 8 atom stereocenters. The van der Waals surface area contributed by atoms with Gasteiger partial charge in [0.25, 0.3) is 0 Å². The molecule has 4 nitrogen and oxygen atoms in total. The van der Waals surface area contributed by atoms with E-state index in [2.05, 4.69) is 19.9 Å². The fraction of sp³-hybridized carbons (Fsp3) is 0.864. The van der Waals surface area contributed by atoms with Gasteiger partial charge < -0.3 is 14.9 Å². The van der Waals surface area contributed by atoms with Crippen LogP contribution in [0, 0.1) is 39.9 Å². The lowest BCUT2D eigenvalue weighted by atomic mass is 9.43. The van der Waals surface area contributed by atoms with Crippen molar-refractivity contribution in [3.05, 3.63) is 11.3 Å². The van der Waals surface area contributed by atoms with Crippen molar-refractivity contribution in [1.82, 2.24) is 0 Å².